The van der Waals surface area contributed by atoms with Crippen molar-refractivity contribution in [3.05, 3.63) is 155 Å². The molecule has 0 aromatic heterocycles. The Balaban J connectivity index is 1.30. The molecule has 4 aromatic rings. The molecule has 0 saturated carbocycles. The first-order valence-corrected chi connectivity index (χ1v) is 11.6. The highest BCUT2D eigenvalue weighted by Crippen LogP contribution is 2.46. The van der Waals surface area contributed by atoms with Gasteiger partial charge in [0.05, 0.1) is 0 Å². The van der Waals surface area contributed by atoms with Gasteiger partial charge in [-0.2, -0.15) is 0 Å². The third-order valence-corrected chi connectivity index (χ3v) is 6.99. The maximum atomic E-state index is 2.50. The Morgan fingerprint density at radius 2 is 0.781 bits per heavy atom. The molecule has 0 heteroatoms. The molecule has 2 aliphatic rings. The molecule has 0 bridgehead atoms. The molecule has 0 radical (unpaired) electrons. The van der Waals surface area contributed by atoms with Crippen LogP contribution in [-0.2, 0) is 0 Å². The number of rotatable bonds is 5. The third-order valence-electron chi connectivity index (χ3n) is 6.99. The fraction of sp³-hybridized carbons (Fsp3) is 0.125. The summed E-state index contributed by atoms with van der Waals surface area (Å²) in [7, 11) is 0. The molecule has 0 saturated heterocycles. The number of hydrogen-bond donors (Lipinski definition) is 0. The van der Waals surface area contributed by atoms with Crippen LogP contribution >= 0.6 is 0 Å². The first-order chi connectivity index (χ1) is 15.9. The van der Waals surface area contributed by atoms with Crippen LogP contribution in [0, 0.1) is 0 Å². The highest BCUT2D eigenvalue weighted by atomic mass is 14.3. The Kier molecular flexibility index (Phi) is 4.85. The number of fused-ring (bicyclic) bond motifs is 2. The van der Waals surface area contributed by atoms with E-state index in [2.05, 4.69) is 121 Å². The molecule has 0 amide bonds. The van der Waals surface area contributed by atoms with E-state index in [4.69, 9.17) is 0 Å². The topological polar surface area (TPSA) is 0 Å². The molecule has 32 heavy (non-hydrogen) atoms. The average Bonchev–Trinajstić information content (AvgIpc) is 3.43. The van der Waals surface area contributed by atoms with E-state index in [1.807, 2.05) is 0 Å². The van der Waals surface area contributed by atoms with Crippen LogP contribution in [0.2, 0.25) is 0 Å². The standard InChI is InChI=1S/C32H26/c1-3-11-23(12-4-1)31-21-25(27-15-7-9-17-29(27)31)19-20-26-22-32(24-13-5-2-6-14-24)30-18-10-8-16-28(26)30/h1-18,21-22,25-26H,19-20H2. The maximum absolute atomic E-state index is 2.50. The van der Waals surface area contributed by atoms with Crippen molar-refractivity contribution in [1.82, 2.24) is 0 Å². The van der Waals surface area contributed by atoms with Crippen LogP contribution in [-0.4, -0.2) is 0 Å². The normalized spacial score (nSPS) is 18.6. The molecular weight excluding hydrogens is 384 g/mol. The smallest absolute Gasteiger partial charge is 0.00338 e. The predicted molar refractivity (Wildman–Crippen MR) is 135 cm³/mol. The van der Waals surface area contributed by atoms with Crippen molar-refractivity contribution >= 4 is 11.1 Å². The van der Waals surface area contributed by atoms with Gasteiger partial charge in [0, 0.05) is 11.8 Å². The van der Waals surface area contributed by atoms with Crippen LogP contribution in [0.4, 0.5) is 0 Å². The highest BCUT2D eigenvalue weighted by Gasteiger charge is 2.27. The summed E-state index contributed by atoms with van der Waals surface area (Å²) in [6.07, 6.45) is 7.32. The van der Waals surface area contributed by atoms with E-state index in [0.29, 0.717) is 11.8 Å². The lowest BCUT2D eigenvalue weighted by Crippen LogP contribution is -1.98. The minimum absolute atomic E-state index is 0.475. The summed E-state index contributed by atoms with van der Waals surface area (Å²) in [6, 6.07) is 39.6. The van der Waals surface area contributed by atoms with Crippen LogP contribution in [0.3, 0.4) is 0 Å². The lowest BCUT2D eigenvalue weighted by molar-refractivity contribution is 0.642. The van der Waals surface area contributed by atoms with Crippen molar-refractivity contribution in [2.45, 2.75) is 24.7 Å². The second-order valence-electron chi connectivity index (χ2n) is 8.86. The monoisotopic (exact) mass is 410 g/mol. The average molecular weight is 411 g/mol. The highest BCUT2D eigenvalue weighted by molar-refractivity contribution is 5.87. The lowest BCUT2D eigenvalue weighted by atomic mass is 9.89. The minimum Gasteiger partial charge on any atom is -0.0685 e. The molecule has 2 unspecified atom stereocenters. The zero-order valence-electron chi connectivity index (χ0n) is 18.1. The van der Waals surface area contributed by atoms with Crippen molar-refractivity contribution in [1.29, 1.82) is 0 Å². The van der Waals surface area contributed by atoms with E-state index in [9.17, 15) is 0 Å². The fourth-order valence-electron chi connectivity index (χ4n) is 5.47. The molecule has 0 heterocycles. The van der Waals surface area contributed by atoms with Crippen LogP contribution in [0.25, 0.3) is 11.1 Å². The van der Waals surface area contributed by atoms with E-state index in [1.165, 1.54) is 44.5 Å². The molecule has 0 fully saturated rings. The fourth-order valence-corrected chi connectivity index (χ4v) is 5.47. The Bertz CT molecular complexity index is 1200. The van der Waals surface area contributed by atoms with Gasteiger partial charge in [0.2, 0.25) is 0 Å². The summed E-state index contributed by atoms with van der Waals surface area (Å²) in [6.45, 7) is 0. The Morgan fingerprint density at radius 3 is 1.22 bits per heavy atom. The summed E-state index contributed by atoms with van der Waals surface area (Å²) >= 11 is 0. The van der Waals surface area contributed by atoms with Gasteiger partial charge in [0.25, 0.3) is 0 Å². The van der Waals surface area contributed by atoms with Gasteiger partial charge in [-0.1, -0.05) is 121 Å². The Labute approximate surface area is 190 Å². The lowest BCUT2D eigenvalue weighted by Gasteiger charge is -2.15. The molecule has 0 spiro atoms. The van der Waals surface area contributed by atoms with Crippen LogP contribution in [0.15, 0.2) is 121 Å². The summed E-state index contributed by atoms with van der Waals surface area (Å²) < 4.78 is 0. The summed E-state index contributed by atoms with van der Waals surface area (Å²) in [5, 5.41) is 0. The van der Waals surface area contributed by atoms with Gasteiger partial charge in [-0.25, -0.2) is 0 Å². The number of hydrogen-bond acceptors (Lipinski definition) is 0. The van der Waals surface area contributed by atoms with Gasteiger partial charge in [0.15, 0.2) is 0 Å². The third kappa shape index (κ3) is 3.33. The van der Waals surface area contributed by atoms with Gasteiger partial charge in [-0.15, -0.1) is 0 Å². The first kappa shape index (κ1) is 19.1. The van der Waals surface area contributed by atoms with Gasteiger partial charge in [-0.05, 0) is 57.4 Å². The van der Waals surface area contributed by atoms with E-state index in [0.717, 1.165) is 12.8 Å². The van der Waals surface area contributed by atoms with Crippen molar-refractivity contribution in [2.24, 2.45) is 0 Å². The quantitative estimate of drug-likeness (QED) is 0.311. The van der Waals surface area contributed by atoms with Crippen LogP contribution in [0.5, 0.6) is 0 Å². The minimum atomic E-state index is 0.475. The second kappa shape index (κ2) is 8.13. The van der Waals surface area contributed by atoms with Crippen molar-refractivity contribution in [2.75, 3.05) is 0 Å². The van der Waals surface area contributed by atoms with E-state index >= 15 is 0 Å². The molecule has 2 aliphatic carbocycles. The predicted octanol–water partition coefficient (Wildman–Crippen LogP) is 8.22. The van der Waals surface area contributed by atoms with Gasteiger partial charge < -0.3 is 0 Å². The summed E-state index contributed by atoms with van der Waals surface area (Å²) in [5.41, 5.74) is 11.2. The Hall–Kier alpha value is -3.64. The largest absolute Gasteiger partial charge is 0.0685 e. The molecule has 154 valence electrons. The second-order valence-corrected chi connectivity index (χ2v) is 8.86. The summed E-state index contributed by atoms with van der Waals surface area (Å²) in [5.74, 6) is 0.950. The van der Waals surface area contributed by atoms with E-state index < -0.39 is 0 Å². The maximum Gasteiger partial charge on any atom is 0.00338 e. The first-order valence-electron chi connectivity index (χ1n) is 11.6. The molecule has 0 N–H and O–H groups in total. The number of benzene rings is 4. The zero-order chi connectivity index (χ0) is 21.3. The van der Waals surface area contributed by atoms with Crippen LogP contribution in [0.1, 0.15) is 58.1 Å². The van der Waals surface area contributed by atoms with Gasteiger partial charge in [-0.3, -0.25) is 0 Å². The molecular formula is C32H26. The van der Waals surface area contributed by atoms with Crippen LogP contribution < -0.4 is 0 Å². The zero-order valence-corrected chi connectivity index (χ0v) is 18.1. The molecule has 0 aliphatic heterocycles. The van der Waals surface area contributed by atoms with Crippen molar-refractivity contribution in [3.8, 4) is 0 Å². The molecule has 4 aromatic carbocycles. The SMILES string of the molecule is C1=C(c2ccccc2)c2ccccc2C1CCC1C=C(c2ccccc2)c2ccccc21. The number of allylic oxidation sites excluding steroid dienone is 2. The van der Waals surface area contributed by atoms with Gasteiger partial charge >= 0.3 is 0 Å². The van der Waals surface area contributed by atoms with E-state index in [1.54, 1.807) is 0 Å². The molecule has 2 atom stereocenters. The van der Waals surface area contributed by atoms with E-state index in [-0.39, 0.29) is 0 Å². The Morgan fingerprint density at radius 1 is 0.406 bits per heavy atom. The molecule has 6 rings (SSSR count). The van der Waals surface area contributed by atoms with Crippen molar-refractivity contribution in [3.63, 3.8) is 0 Å². The van der Waals surface area contributed by atoms with Gasteiger partial charge in [0.1, 0.15) is 0 Å². The van der Waals surface area contributed by atoms with Crippen molar-refractivity contribution < 1.29 is 0 Å². The molecule has 0 nitrogen and oxygen atoms in total. The summed E-state index contributed by atoms with van der Waals surface area (Å²) in [4.78, 5) is 0.